The molecule has 0 aliphatic carbocycles. The van der Waals surface area contributed by atoms with Crippen molar-refractivity contribution in [3.63, 3.8) is 0 Å². The van der Waals surface area contributed by atoms with E-state index < -0.39 is 21.4 Å². The summed E-state index contributed by atoms with van der Waals surface area (Å²) in [5, 5.41) is 2.64. The minimum absolute atomic E-state index is 0.00404. The van der Waals surface area contributed by atoms with Gasteiger partial charge in [0.25, 0.3) is 0 Å². The second kappa shape index (κ2) is 10.5. The Hall–Kier alpha value is -2.34. The molecule has 0 aromatic heterocycles. The van der Waals surface area contributed by atoms with Gasteiger partial charge >= 0.3 is 5.51 Å². The maximum atomic E-state index is 12.9. The monoisotopic (exact) mass is 486 g/mol. The van der Waals surface area contributed by atoms with E-state index >= 15 is 0 Å². The first-order valence-corrected chi connectivity index (χ1v) is 11.9. The summed E-state index contributed by atoms with van der Waals surface area (Å²) in [6.07, 6.45) is 2.71. The Morgan fingerprint density at radius 1 is 1.09 bits per heavy atom. The van der Waals surface area contributed by atoms with Crippen molar-refractivity contribution >= 4 is 33.8 Å². The second-order valence-electron chi connectivity index (χ2n) is 6.79. The van der Waals surface area contributed by atoms with Crippen LogP contribution in [0.2, 0.25) is 0 Å². The van der Waals surface area contributed by atoms with Gasteiger partial charge in [0.15, 0.2) is 0 Å². The molecule has 1 aliphatic rings. The highest BCUT2D eigenvalue weighted by Gasteiger charge is 2.29. The van der Waals surface area contributed by atoms with Crippen LogP contribution in [0.1, 0.15) is 11.1 Å². The number of nitrogens with one attached hydrogen (secondary N) is 1. The van der Waals surface area contributed by atoms with Crippen molar-refractivity contribution in [1.29, 1.82) is 0 Å². The van der Waals surface area contributed by atoms with Crippen LogP contribution in [0, 0.1) is 0 Å². The molecule has 0 saturated carbocycles. The van der Waals surface area contributed by atoms with E-state index in [1.807, 2.05) is 0 Å². The van der Waals surface area contributed by atoms with Gasteiger partial charge in [0.1, 0.15) is 0 Å². The van der Waals surface area contributed by atoms with E-state index in [-0.39, 0.29) is 41.2 Å². The smallest absolute Gasteiger partial charge is 0.379 e. The topological polar surface area (TPSA) is 75.7 Å². The molecular formula is C21H21F3N2O4S2. The fraction of sp³-hybridized carbons (Fsp3) is 0.286. The first kappa shape index (κ1) is 24.3. The third kappa shape index (κ3) is 6.83. The van der Waals surface area contributed by atoms with Gasteiger partial charge in [-0.1, -0.05) is 30.3 Å². The summed E-state index contributed by atoms with van der Waals surface area (Å²) in [6, 6.07) is 12.0. The van der Waals surface area contributed by atoms with Crippen LogP contribution in [0.15, 0.2) is 64.4 Å². The molecule has 2 aromatic carbocycles. The van der Waals surface area contributed by atoms with Gasteiger partial charge in [0.05, 0.1) is 18.1 Å². The lowest BCUT2D eigenvalue weighted by atomic mass is 10.2. The number of hydrogen-bond donors (Lipinski definition) is 1. The van der Waals surface area contributed by atoms with E-state index in [0.717, 1.165) is 0 Å². The minimum atomic E-state index is -4.36. The molecule has 1 aliphatic heterocycles. The Morgan fingerprint density at radius 2 is 1.75 bits per heavy atom. The summed E-state index contributed by atoms with van der Waals surface area (Å²) in [5.41, 5.74) is -3.35. The number of rotatable bonds is 7. The Morgan fingerprint density at radius 3 is 2.41 bits per heavy atom. The SMILES string of the molecule is O=C(/C=C/c1ccc(SC(F)(F)F)cc1)NCc1ccccc1S(=O)(=O)N1CCOCC1. The van der Waals surface area contributed by atoms with Gasteiger partial charge in [-0.3, -0.25) is 4.79 Å². The summed E-state index contributed by atoms with van der Waals surface area (Å²) in [4.78, 5) is 12.4. The molecular weight excluding hydrogens is 465 g/mol. The molecule has 0 unspecified atom stereocenters. The lowest BCUT2D eigenvalue weighted by Crippen LogP contribution is -2.41. The molecule has 0 spiro atoms. The maximum Gasteiger partial charge on any atom is 0.446 e. The number of amides is 1. The van der Waals surface area contributed by atoms with E-state index in [9.17, 15) is 26.4 Å². The Labute approximate surface area is 188 Å². The fourth-order valence-corrected chi connectivity index (χ4v) is 5.19. The van der Waals surface area contributed by atoms with Crippen LogP contribution in [-0.2, 0) is 26.1 Å². The van der Waals surface area contributed by atoms with E-state index in [4.69, 9.17) is 4.74 Å². The molecule has 1 saturated heterocycles. The molecule has 172 valence electrons. The standard InChI is InChI=1S/C21H21F3N2O4S2/c22-21(23,24)31-18-8-5-16(6-9-18)7-10-20(27)25-15-17-3-1-2-4-19(17)32(28,29)26-11-13-30-14-12-26/h1-10H,11-15H2,(H,25,27)/b10-7+. The zero-order chi connectivity index (χ0) is 23.2. The van der Waals surface area contributed by atoms with Crippen molar-refractivity contribution in [2.75, 3.05) is 26.3 Å². The van der Waals surface area contributed by atoms with Crippen molar-refractivity contribution in [3.8, 4) is 0 Å². The number of thioether (sulfide) groups is 1. The highest BCUT2D eigenvalue weighted by atomic mass is 32.2. The number of benzene rings is 2. The maximum absolute atomic E-state index is 12.9. The summed E-state index contributed by atoms with van der Waals surface area (Å²) in [5.74, 6) is -0.461. The van der Waals surface area contributed by atoms with Gasteiger partial charge in [0.2, 0.25) is 15.9 Å². The van der Waals surface area contributed by atoms with Gasteiger partial charge < -0.3 is 10.1 Å². The van der Waals surface area contributed by atoms with Gasteiger partial charge in [-0.15, -0.1) is 0 Å². The number of hydrogen-bond acceptors (Lipinski definition) is 5. The van der Waals surface area contributed by atoms with Crippen LogP contribution >= 0.6 is 11.8 Å². The van der Waals surface area contributed by atoms with Crippen LogP contribution in [0.25, 0.3) is 6.08 Å². The van der Waals surface area contributed by atoms with Gasteiger partial charge in [-0.25, -0.2) is 8.42 Å². The molecule has 0 bridgehead atoms. The molecule has 0 atom stereocenters. The van der Waals surface area contributed by atoms with Crippen molar-refractivity contribution in [3.05, 3.63) is 65.7 Å². The normalized spacial score (nSPS) is 15.7. The molecule has 11 heteroatoms. The highest BCUT2D eigenvalue weighted by molar-refractivity contribution is 8.00. The van der Waals surface area contributed by atoms with Crippen LogP contribution in [0.5, 0.6) is 0 Å². The second-order valence-corrected chi connectivity index (χ2v) is 9.84. The molecule has 1 N–H and O–H groups in total. The first-order valence-electron chi connectivity index (χ1n) is 9.63. The molecule has 1 heterocycles. The average molecular weight is 487 g/mol. The number of morpholine rings is 1. The van der Waals surface area contributed by atoms with E-state index in [1.165, 1.54) is 46.8 Å². The minimum Gasteiger partial charge on any atom is -0.379 e. The predicted octanol–water partition coefficient (Wildman–Crippen LogP) is 3.65. The van der Waals surface area contributed by atoms with Gasteiger partial charge in [-0.05, 0) is 47.2 Å². The number of nitrogens with zero attached hydrogens (tertiary/aromatic N) is 1. The number of carbonyl (C=O) groups is 1. The third-order valence-electron chi connectivity index (χ3n) is 4.55. The van der Waals surface area contributed by atoms with E-state index in [2.05, 4.69) is 5.32 Å². The number of carbonyl (C=O) groups excluding carboxylic acids is 1. The molecule has 6 nitrogen and oxygen atoms in total. The summed E-state index contributed by atoms with van der Waals surface area (Å²) >= 11 is -0.210. The van der Waals surface area contributed by atoms with Gasteiger partial charge in [-0.2, -0.15) is 17.5 Å². The Balaban J connectivity index is 1.62. The highest BCUT2D eigenvalue weighted by Crippen LogP contribution is 2.36. The van der Waals surface area contributed by atoms with Crippen molar-refractivity contribution in [1.82, 2.24) is 9.62 Å². The lowest BCUT2D eigenvalue weighted by molar-refractivity contribution is -0.116. The van der Waals surface area contributed by atoms with E-state index in [1.54, 1.807) is 18.2 Å². The first-order chi connectivity index (χ1) is 15.1. The predicted molar refractivity (Wildman–Crippen MR) is 115 cm³/mol. The van der Waals surface area contributed by atoms with E-state index in [0.29, 0.717) is 24.3 Å². The van der Waals surface area contributed by atoms with Crippen LogP contribution in [-0.4, -0.2) is 50.4 Å². The van der Waals surface area contributed by atoms with Crippen LogP contribution < -0.4 is 5.32 Å². The summed E-state index contributed by atoms with van der Waals surface area (Å²) < 4.78 is 69.6. The van der Waals surface area contributed by atoms with Crippen LogP contribution in [0.3, 0.4) is 0 Å². The number of sulfonamides is 1. The quantitative estimate of drug-likeness (QED) is 0.478. The molecule has 32 heavy (non-hydrogen) atoms. The Bertz CT molecular complexity index is 1070. The zero-order valence-electron chi connectivity index (χ0n) is 16.8. The average Bonchev–Trinajstić information content (AvgIpc) is 2.77. The largest absolute Gasteiger partial charge is 0.446 e. The summed E-state index contributed by atoms with van der Waals surface area (Å²) in [6.45, 7) is 1.21. The number of ether oxygens (including phenoxy) is 1. The fourth-order valence-electron chi connectivity index (χ4n) is 3.02. The van der Waals surface area contributed by atoms with Crippen molar-refractivity contribution in [2.45, 2.75) is 21.8 Å². The Kier molecular flexibility index (Phi) is 7.99. The van der Waals surface area contributed by atoms with Crippen LogP contribution in [0.4, 0.5) is 13.2 Å². The number of halogens is 3. The van der Waals surface area contributed by atoms with Crippen molar-refractivity contribution < 1.29 is 31.1 Å². The zero-order valence-corrected chi connectivity index (χ0v) is 18.5. The molecule has 2 aromatic rings. The third-order valence-corrected chi connectivity index (χ3v) is 7.29. The van der Waals surface area contributed by atoms with Gasteiger partial charge in [0, 0.05) is 30.6 Å². The molecule has 3 rings (SSSR count). The van der Waals surface area contributed by atoms with Crippen molar-refractivity contribution in [2.24, 2.45) is 0 Å². The number of alkyl halides is 3. The molecule has 1 fully saturated rings. The molecule has 0 radical (unpaired) electrons. The summed E-state index contributed by atoms with van der Waals surface area (Å²) in [7, 11) is -3.71. The molecule has 1 amide bonds. The lowest BCUT2D eigenvalue weighted by Gasteiger charge is -2.27.